The van der Waals surface area contributed by atoms with Crippen LogP contribution in [0.1, 0.15) is 36.5 Å². The molecule has 1 aliphatic heterocycles. The van der Waals surface area contributed by atoms with E-state index in [4.69, 9.17) is 18.9 Å². The number of rotatable bonds is 4. The van der Waals surface area contributed by atoms with Gasteiger partial charge in [-0.1, -0.05) is 6.07 Å². The van der Waals surface area contributed by atoms with Crippen LogP contribution in [0.3, 0.4) is 0 Å². The van der Waals surface area contributed by atoms with E-state index in [2.05, 4.69) is 0 Å². The van der Waals surface area contributed by atoms with Crippen molar-refractivity contribution in [1.82, 2.24) is 0 Å². The molecule has 2 aromatic rings. The average Bonchev–Trinajstić information content (AvgIpc) is 3.02. The zero-order chi connectivity index (χ0) is 21.7. The van der Waals surface area contributed by atoms with Crippen molar-refractivity contribution in [2.75, 3.05) is 27.4 Å². The van der Waals surface area contributed by atoms with Gasteiger partial charge in [0, 0.05) is 24.9 Å². The van der Waals surface area contributed by atoms with Gasteiger partial charge in [0.25, 0.3) is 0 Å². The maximum Gasteiger partial charge on any atom is 0.163 e. The fourth-order valence-corrected chi connectivity index (χ4v) is 4.89. The minimum atomic E-state index is -0.775. The third-order valence-electron chi connectivity index (χ3n) is 6.22. The molecule has 1 heterocycles. The Kier molecular flexibility index (Phi) is 5.08. The lowest BCUT2D eigenvalue weighted by Crippen LogP contribution is -2.51. The number of phenols is 2. The zero-order valence-corrected chi connectivity index (χ0v) is 17.6. The lowest BCUT2D eigenvalue weighted by molar-refractivity contribution is -0.179. The molecule has 1 fully saturated rings. The molecule has 0 saturated carbocycles. The number of phenolic OH excluding ortho intramolecular Hbond substituents is 2. The number of aliphatic hydroxyl groups excluding tert-OH is 1. The highest BCUT2D eigenvalue weighted by Gasteiger charge is 2.56. The van der Waals surface area contributed by atoms with Crippen LogP contribution in [-0.2, 0) is 15.9 Å². The van der Waals surface area contributed by atoms with Crippen molar-refractivity contribution in [2.24, 2.45) is 5.92 Å². The standard InChI is InChI=1S/C23H28O7/c1-22(2)29-12-23(30-22)10-14-8-20(28-4)18(26)9-15(14)21(16(23)11-24)13-5-6-17(25)19(7-13)27-3/h5-9,16,21,24-26H,10-12H2,1-4H3/t16-,21+,23-/m1/s1. The second-order valence-corrected chi connectivity index (χ2v) is 8.45. The van der Waals surface area contributed by atoms with Gasteiger partial charge in [0.2, 0.25) is 0 Å². The minimum absolute atomic E-state index is 0.0311. The fraction of sp³-hybridized carbons (Fsp3) is 0.478. The largest absolute Gasteiger partial charge is 0.504 e. The number of fused-ring (bicyclic) bond motifs is 1. The number of hydrogen-bond acceptors (Lipinski definition) is 7. The summed E-state index contributed by atoms with van der Waals surface area (Å²) >= 11 is 0. The van der Waals surface area contributed by atoms with Crippen molar-refractivity contribution in [3.8, 4) is 23.0 Å². The predicted octanol–water partition coefficient (Wildman–Crippen LogP) is 2.93. The molecule has 0 amide bonds. The molecule has 0 bridgehead atoms. The van der Waals surface area contributed by atoms with E-state index in [0.29, 0.717) is 24.5 Å². The minimum Gasteiger partial charge on any atom is -0.504 e. The Morgan fingerprint density at radius 1 is 1.03 bits per heavy atom. The first-order valence-corrected chi connectivity index (χ1v) is 9.95. The molecule has 1 spiro atoms. The highest BCUT2D eigenvalue weighted by molar-refractivity contribution is 5.54. The van der Waals surface area contributed by atoms with Crippen molar-refractivity contribution in [3.05, 3.63) is 47.0 Å². The van der Waals surface area contributed by atoms with Crippen LogP contribution in [0.2, 0.25) is 0 Å². The Morgan fingerprint density at radius 2 is 1.73 bits per heavy atom. The first-order valence-electron chi connectivity index (χ1n) is 9.95. The van der Waals surface area contributed by atoms with Crippen LogP contribution in [0.15, 0.2) is 30.3 Å². The number of ether oxygens (including phenoxy) is 4. The van der Waals surface area contributed by atoms with Gasteiger partial charge in [-0.05, 0) is 54.8 Å². The molecule has 162 valence electrons. The topological polar surface area (TPSA) is 97.6 Å². The van der Waals surface area contributed by atoms with Crippen LogP contribution in [0.4, 0.5) is 0 Å². The summed E-state index contributed by atoms with van der Waals surface area (Å²) in [6.45, 7) is 3.92. The maximum atomic E-state index is 10.5. The Labute approximate surface area is 175 Å². The van der Waals surface area contributed by atoms with Crippen LogP contribution in [0.5, 0.6) is 23.0 Å². The number of aromatic hydroxyl groups is 2. The summed E-state index contributed by atoms with van der Waals surface area (Å²) in [5.41, 5.74) is 1.91. The second-order valence-electron chi connectivity index (χ2n) is 8.45. The van der Waals surface area contributed by atoms with Crippen molar-refractivity contribution in [3.63, 3.8) is 0 Å². The van der Waals surface area contributed by atoms with Crippen LogP contribution < -0.4 is 9.47 Å². The molecule has 3 N–H and O–H groups in total. The van der Waals surface area contributed by atoms with E-state index >= 15 is 0 Å². The number of hydrogen-bond donors (Lipinski definition) is 3. The van der Waals surface area contributed by atoms with Crippen LogP contribution in [0.25, 0.3) is 0 Å². The molecule has 3 atom stereocenters. The van der Waals surface area contributed by atoms with E-state index < -0.39 is 11.4 Å². The van der Waals surface area contributed by atoms with Gasteiger partial charge >= 0.3 is 0 Å². The van der Waals surface area contributed by atoms with E-state index in [1.807, 2.05) is 19.9 Å². The number of aliphatic hydroxyl groups is 1. The molecule has 30 heavy (non-hydrogen) atoms. The summed E-state index contributed by atoms with van der Waals surface area (Å²) in [4.78, 5) is 0. The highest BCUT2D eigenvalue weighted by atomic mass is 16.8. The van der Waals surface area contributed by atoms with E-state index in [-0.39, 0.29) is 29.9 Å². The molecule has 4 rings (SSSR count). The van der Waals surface area contributed by atoms with Crippen molar-refractivity contribution in [1.29, 1.82) is 0 Å². The van der Waals surface area contributed by atoms with Crippen molar-refractivity contribution >= 4 is 0 Å². The second kappa shape index (κ2) is 7.34. The Balaban J connectivity index is 1.93. The lowest BCUT2D eigenvalue weighted by Gasteiger charge is -2.45. The smallest absolute Gasteiger partial charge is 0.163 e. The third kappa shape index (κ3) is 3.27. The first-order chi connectivity index (χ1) is 14.2. The molecule has 1 aliphatic carbocycles. The highest BCUT2D eigenvalue weighted by Crippen LogP contribution is 2.53. The Hall–Kier alpha value is -2.48. The molecule has 0 radical (unpaired) electrons. The number of benzene rings is 2. The Morgan fingerprint density at radius 3 is 2.33 bits per heavy atom. The normalized spacial score (nSPS) is 27.1. The molecule has 7 nitrogen and oxygen atoms in total. The lowest BCUT2D eigenvalue weighted by atomic mass is 9.64. The van der Waals surface area contributed by atoms with Gasteiger partial charge < -0.3 is 34.3 Å². The van der Waals surface area contributed by atoms with Crippen LogP contribution >= 0.6 is 0 Å². The SMILES string of the molecule is COc1cc([C@H]2c3cc(O)c(OC)cc3C[C@@]3(COC(C)(C)O3)[C@@H]2CO)ccc1O. The van der Waals surface area contributed by atoms with E-state index in [1.165, 1.54) is 14.2 Å². The maximum absolute atomic E-state index is 10.5. The quantitative estimate of drug-likeness (QED) is 0.705. The van der Waals surface area contributed by atoms with E-state index in [9.17, 15) is 15.3 Å². The van der Waals surface area contributed by atoms with Crippen molar-refractivity contribution in [2.45, 2.75) is 37.6 Å². The summed E-state index contributed by atoms with van der Waals surface area (Å²) in [5.74, 6) is -0.645. The average molecular weight is 416 g/mol. The summed E-state index contributed by atoms with van der Waals surface area (Å²) < 4.78 is 23.0. The predicted molar refractivity (Wildman–Crippen MR) is 109 cm³/mol. The summed E-state index contributed by atoms with van der Waals surface area (Å²) in [7, 11) is 3.00. The molecule has 2 aromatic carbocycles. The van der Waals surface area contributed by atoms with E-state index in [1.54, 1.807) is 24.3 Å². The van der Waals surface area contributed by atoms with E-state index in [0.717, 1.165) is 16.7 Å². The summed E-state index contributed by atoms with van der Waals surface area (Å²) in [6, 6.07) is 8.64. The Bertz CT molecular complexity index is 955. The first kappa shape index (κ1) is 20.8. The van der Waals surface area contributed by atoms with Gasteiger partial charge in [-0.15, -0.1) is 0 Å². The molecule has 0 aromatic heterocycles. The van der Waals surface area contributed by atoms with Gasteiger partial charge in [0.15, 0.2) is 28.8 Å². The van der Waals surface area contributed by atoms with Crippen LogP contribution in [-0.4, -0.2) is 54.1 Å². The fourth-order valence-electron chi connectivity index (χ4n) is 4.89. The van der Waals surface area contributed by atoms with Crippen LogP contribution in [0, 0.1) is 5.92 Å². The molecule has 1 saturated heterocycles. The molecular weight excluding hydrogens is 388 g/mol. The molecular formula is C23H28O7. The number of methoxy groups -OCH3 is 2. The molecule has 2 aliphatic rings. The zero-order valence-electron chi connectivity index (χ0n) is 17.6. The van der Waals surface area contributed by atoms with Gasteiger partial charge in [0.1, 0.15) is 5.60 Å². The summed E-state index contributed by atoms with van der Waals surface area (Å²) in [6.07, 6.45) is 0.513. The van der Waals surface area contributed by atoms with Gasteiger partial charge in [-0.25, -0.2) is 0 Å². The van der Waals surface area contributed by atoms with Gasteiger partial charge in [0.05, 0.1) is 20.8 Å². The summed E-state index contributed by atoms with van der Waals surface area (Å²) in [5, 5.41) is 31.0. The monoisotopic (exact) mass is 416 g/mol. The molecule has 7 heteroatoms. The molecule has 0 unspecified atom stereocenters. The van der Waals surface area contributed by atoms with Gasteiger partial charge in [-0.3, -0.25) is 0 Å². The van der Waals surface area contributed by atoms with Crippen molar-refractivity contribution < 1.29 is 34.3 Å². The third-order valence-corrected chi connectivity index (χ3v) is 6.22. The van der Waals surface area contributed by atoms with Gasteiger partial charge in [-0.2, -0.15) is 0 Å².